The van der Waals surface area contributed by atoms with Crippen molar-refractivity contribution in [2.75, 3.05) is 5.73 Å². The summed E-state index contributed by atoms with van der Waals surface area (Å²) in [5, 5.41) is 12.1. The molecule has 6 nitrogen and oxygen atoms in total. The molecule has 0 aliphatic heterocycles. The molecule has 1 atom stereocenters. The van der Waals surface area contributed by atoms with Gasteiger partial charge in [-0.1, -0.05) is 36.4 Å². The summed E-state index contributed by atoms with van der Waals surface area (Å²) < 4.78 is 14.5. The standard InChI is InChI=1S/C21H21FN4O2/c1-13(27)9-16-12-24-19(20(23)26-16)15-7-8-17(18(22)10-15)21(28)25-11-14-5-3-2-4-6-14/h2-8,10,12-13,27H,9,11H2,1H3,(H2,23,26)(H,25,28)/t13-/m1/s1. The van der Waals surface area contributed by atoms with Crippen LogP contribution in [-0.2, 0) is 13.0 Å². The fourth-order valence-electron chi connectivity index (χ4n) is 2.79. The van der Waals surface area contributed by atoms with Crippen LogP contribution >= 0.6 is 0 Å². The van der Waals surface area contributed by atoms with Crippen LogP contribution < -0.4 is 11.1 Å². The molecule has 0 spiro atoms. The van der Waals surface area contributed by atoms with E-state index in [4.69, 9.17) is 5.73 Å². The molecule has 0 fully saturated rings. The first-order valence-electron chi connectivity index (χ1n) is 8.85. The number of aliphatic hydroxyl groups is 1. The minimum atomic E-state index is -0.669. The topological polar surface area (TPSA) is 101 Å². The Hall–Kier alpha value is -3.32. The average Bonchev–Trinajstić information content (AvgIpc) is 2.66. The minimum Gasteiger partial charge on any atom is -0.393 e. The molecule has 3 rings (SSSR count). The van der Waals surface area contributed by atoms with Gasteiger partial charge in [0.15, 0.2) is 0 Å². The molecule has 144 valence electrons. The number of carbonyl (C=O) groups is 1. The normalized spacial score (nSPS) is 11.8. The molecule has 0 radical (unpaired) electrons. The number of amides is 1. The molecule has 28 heavy (non-hydrogen) atoms. The Morgan fingerprint density at radius 3 is 2.64 bits per heavy atom. The average molecular weight is 380 g/mol. The number of aliphatic hydroxyl groups excluding tert-OH is 1. The highest BCUT2D eigenvalue weighted by molar-refractivity contribution is 5.95. The molecule has 0 bridgehead atoms. The molecule has 7 heteroatoms. The zero-order valence-electron chi connectivity index (χ0n) is 15.4. The van der Waals surface area contributed by atoms with Crippen molar-refractivity contribution in [1.29, 1.82) is 0 Å². The predicted octanol–water partition coefficient (Wildman–Crippen LogP) is 2.72. The van der Waals surface area contributed by atoms with Crippen LogP contribution in [0.3, 0.4) is 0 Å². The second kappa shape index (κ2) is 8.58. The smallest absolute Gasteiger partial charge is 0.254 e. The van der Waals surface area contributed by atoms with E-state index in [1.165, 1.54) is 18.3 Å². The highest BCUT2D eigenvalue weighted by Crippen LogP contribution is 2.24. The van der Waals surface area contributed by atoms with Crippen molar-refractivity contribution in [1.82, 2.24) is 15.3 Å². The molecule has 1 heterocycles. The fourth-order valence-corrected chi connectivity index (χ4v) is 2.79. The maximum Gasteiger partial charge on any atom is 0.254 e. The summed E-state index contributed by atoms with van der Waals surface area (Å²) in [6.07, 6.45) is 1.26. The Morgan fingerprint density at radius 2 is 2.00 bits per heavy atom. The lowest BCUT2D eigenvalue weighted by Crippen LogP contribution is -2.23. The summed E-state index contributed by atoms with van der Waals surface area (Å²) in [4.78, 5) is 20.7. The van der Waals surface area contributed by atoms with Gasteiger partial charge >= 0.3 is 0 Å². The van der Waals surface area contributed by atoms with Crippen LogP contribution in [0, 0.1) is 5.82 Å². The third kappa shape index (κ3) is 4.69. The number of benzene rings is 2. The molecule has 0 saturated heterocycles. The van der Waals surface area contributed by atoms with Crippen molar-refractivity contribution < 1.29 is 14.3 Å². The van der Waals surface area contributed by atoms with Gasteiger partial charge in [-0.15, -0.1) is 0 Å². The number of hydrogen-bond donors (Lipinski definition) is 3. The van der Waals surface area contributed by atoms with Crippen LogP contribution in [0.1, 0.15) is 28.5 Å². The molecule has 0 saturated carbocycles. The number of rotatable bonds is 6. The Labute approximate surface area is 162 Å². The monoisotopic (exact) mass is 380 g/mol. The molecular formula is C21H21FN4O2. The second-order valence-electron chi connectivity index (χ2n) is 6.51. The van der Waals surface area contributed by atoms with Gasteiger partial charge in [0, 0.05) is 24.7 Å². The van der Waals surface area contributed by atoms with E-state index in [9.17, 15) is 14.3 Å². The van der Waals surface area contributed by atoms with Crippen LogP contribution in [0.4, 0.5) is 10.2 Å². The van der Waals surface area contributed by atoms with Gasteiger partial charge in [0.05, 0.1) is 17.4 Å². The SMILES string of the molecule is C[C@@H](O)Cc1cnc(-c2ccc(C(=O)NCc3ccccc3)c(F)c2)c(N)n1. The number of hydrogen-bond acceptors (Lipinski definition) is 5. The molecule has 1 amide bonds. The van der Waals surface area contributed by atoms with Gasteiger partial charge < -0.3 is 16.2 Å². The molecule has 4 N–H and O–H groups in total. The van der Waals surface area contributed by atoms with Gasteiger partial charge in [0.25, 0.3) is 5.91 Å². The zero-order chi connectivity index (χ0) is 20.1. The van der Waals surface area contributed by atoms with Crippen LogP contribution in [0.25, 0.3) is 11.3 Å². The first kappa shape index (κ1) is 19.4. The van der Waals surface area contributed by atoms with Gasteiger partial charge in [-0.3, -0.25) is 9.78 Å². The summed E-state index contributed by atoms with van der Waals surface area (Å²) in [6.45, 7) is 1.95. The van der Waals surface area contributed by atoms with Gasteiger partial charge in [0.2, 0.25) is 0 Å². The van der Waals surface area contributed by atoms with Crippen LogP contribution in [0.15, 0.2) is 54.7 Å². The number of halogens is 1. The summed E-state index contributed by atoms with van der Waals surface area (Å²) in [5.74, 6) is -1.03. The molecule has 0 aliphatic carbocycles. The van der Waals surface area contributed by atoms with Gasteiger partial charge in [-0.2, -0.15) is 0 Å². The van der Waals surface area contributed by atoms with Crippen LogP contribution in [0.5, 0.6) is 0 Å². The quantitative estimate of drug-likeness (QED) is 0.610. The maximum absolute atomic E-state index is 14.5. The van der Waals surface area contributed by atoms with E-state index in [-0.39, 0.29) is 11.4 Å². The first-order chi connectivity index (χ1) is 13.4. The summed E-state index contributed by atoms with van der Waals surface area (Å²) in [5.41, 5.74) is 8.09. The molecule has 3 aromatic rings. The lowest BCUT2D eigenvalue weighted by molar-refractivity contribution is 0.0947. The number of anilines is 1. The van der Waals surface area contributed by atoms with E-state index < -0.39 is 17.8 Å². The minimum absolute atomic E-state index is 0.0584. The Kier molecular flexibility index (Phi) is 5.96. The largest absolute Gasteiger partial charge is 0.393 e. The number of nitrogen functional groups attached to an aromatic ring is 1. The van der Waals surface area contributed by atoms with E-state index in [1.807, 2.05) is 30.3 Å². The summed E-state index contributed by atoms with van der Waals surface area (Å²) >= 11 is 0. The first-order valence-corrected chi connectivity index (χ1v) is 8.85. The second-order valence-corrected chi connectivity index (χ2v) is 6.51. The highest BCUT2D eigenvalue weighted by Gasteiger charge is 2.15. The van der Waals surface area contributed by atoms with Crippen molar-refractivity contribution in [3.63, 3.8) is 0 Å². The lowest BCUT2D eigenvalue weighted by atomic mass is 10.1. The van der Waals surface area contributed by atoms with E-state index in [2.05, 4.69) is 15.3 Å². The molecular weight excluding hydrogens is 359 g/mol. The van der Waals surface area contributed by atoms with Gasteiger partial charge in [-0.05, 0) is 24.6 Å². The van der Waals surface area contributed by atoms with Crippen molar-refractivity contribution in [2.24, 2.45) is 0 Å². The van der Waals surface area contributed by atoms with Crippen LogP contribution in [-0.4, -0.2) is 27.1 Å². The number of nitrogens with zero attached hydrogens (tertiary/aromatic N) is 2. The Morgan fingerprint density at radius 1 is 1.25 bits per heavy atom. The number of nitrogens with one attached hydrogen (secondary N) is 1. The third-order valence-corrected chi connectivity index (χ3v) is 4.14. The number of aromatic nitrogens is 2. The molecule has 2 aromatic carbocycles. The molecule has 0 unspecified atom stereocenters. The van der Waals surface area contributed by atoms with Gasteiger partial charge in [-0.25, -0.2) is 9.37 Å². The van der Waals surface area contributed by atoms with Gasteiger partial charge in [0.1, 0.15) is 17.3 Å². The Balaban J connectivity index is 1.76. The maximum atomic E-state index is 14.5. The lowest BCUT2D eigenvalue weighted by Gasteiger charge is -2.10. The van der Waals surface area contributed by atoms with Crippen molar-refractivity contribution in [3.05, 3.63) is 77.4 Å². The number of carbonyl (C=O) groups excluding carboxylic acids is 1. The third-order valence-electron chi connectivity index (χ3n) is 4.14. The van der Waals surface area contributed by atoms with Crippen molar-refractivity contribution in [2.45, 2.75) is 26.0 Å². The number of nitrogens with two attached hydrogens (primary N) is 1. The van der Waals surface area contributed by atoms with E-state index >= 15 is 0 Å². The summed E-state index contributed by atoms with van der Waals surface area (Å²) in [6, 6.07) is 13.6. The zero-order valence-corrected chi connectivity index (χ0v) is 15.4. The Bertz CT molecular complexity index is 977. The van der Waals surface area contributed by atoms with E-state index in [0.29, 0.717) is 29.9 Å². The fraction of sp³-hybridized carbons (Fsp3) is 0.190. The van der Waals surface area contributed by atoms with Crippen LogP contribution in [0.2, 0.25) is 0 Å². The van der Waals surface area contributed by atoms with E-state index in [1.54, 1.807) is 13.0 Å². The molecule has 0 aliphatic rings. The van der Waals surface area contributed by atoms with Crippen molar-refractivity contribution in [3.8, 4) is 11.3 Å². The molecule has 1 aromatic heterocycles. The predicted molar refractivity (Wildman–Crippen MR) is 105 cm³/mol. The summed E-state index contributed by atoms with van der Waals surface area (Å²) in [7, 11) is 0. The van der Waals surface area contributed by atoms with E-state index in [0.717, 1.165) is 5.56 Å². The highest BCUT2D eigenvalue weighted by atomic mass is 19.1. The van der Waals surface area contributed by atoms with Crippen molar-refractivity contribution >= 4 is 11.7 Å².